The Hall–Kier alpha value is -4.52. The minimum atomic E-state index is -0.399. The minimum Gasteiger partial charge on any atom is -0.465 e. The molecular weight excluding hydrogens is 416 g/mol. The lowest BCUT2D eigenvalue weighted by Crippen LogP contribution is -2.02. The second kappa shape index (κ2) is 10.7. The first-order chi connectivity index (χ1) is 16.0. The van der Waals surface area contributed by atoms with Crippen LogP contribution in [0.2, 0.25) is 0 Å². The highest BCUT2D eigenvalue weighted by Gasteiger charge is 2.09. The van der Waals surface area contributed by atoms with Crippen LogP contribution in [0.5, 0.6) is 0 Å². The third kappa shape index (κ3) is 5.59. The number of hydrogen-bond donors (Lipinski definition) is 3. The second-order valence-corrected chi connectivity index (χ2v) is 7.07. The van der Waals surface area contributed by atoms with E-state index in [-0.39, 0.29) is 5.71 Å². The van der Waals surface area contributed by atoms with E-state index in [1.807, 2.05) is 6.07 Å². The van der Waals surface area contributed by atoms with Gasteiger partial charge in [-0.1, -0.05) is 30.3 Å². The average molecular weight is 441 g/mol. The highest BCUT2D eigenvalue weighted by atomic mass is 16.5. The molecule has 0 aliphatic heterocycles. The lowest BCUT2D eigenvalue weighted by Gasteiger charge is -2.09. The van der Waals surface area contributed by atoms with E-state index in [0.717, 1.165) is 17.4 Å². The van der Waals surface area contributed by atoms with Gasteiger partial charge >= 0.3 is 5.97 Å². The number of allylic oxidation sites excluding steroid dienone is 2. The zero-order valence-electron chi connectivity index (χ0n) is 18.3. The van der Waals surface area contributed by atoms with Crippen LogP contribution in [0, 0.1) is 5.41 Å². The molecule has 0 atom stereocenters. The average Bonchev–Trinajstić information content (AvgIpc) is 2.85. The highest BCUT2D eigenvalue weighted by Crippen LogP contribution is 2.24. The third-order valence-electron chi connectivity index (χ3n) is 4.94. The predicted molar refractivity (Wildman–Crippen MR) is 132 cm³/mol. The molecule has 0 saturated heterocycles. The molecule has 0 radical (unpaired) electrons. The number of ether oxygens (including phenoxy) is 1. The number of rotatable bonds is 8. The van der Waals surface area contributed by atoms with Gasteiger partial charge in [0.2, 0.25) is 0 Å². The lowest BCUT2D eigenvalue weighted by molar-refractivity contribution is -0.103. The molecule has 7 nitrogen and oxygen atoms in total. The van der Waals surface area contributed by atoms with Crippen LogP contribution in [0.4, 0.5) is 11.5 Å². The smallest absolute Gasteiger partial charge is 0.337 e. The summed E-state index contributed by atoms with van der Waals surface area (Å²) in [5, 5.41) is 11.3. The number of anilines is 2. The van der Waals surface area contributed by atoms with E-state index in [4.69, 9.17) is 11.1 Å². The fraction of sp³-hybridized carbons (Fsp3) is 0.0769. The van der Waals surface area contributed by atoms with Crippen molar-refractivity contribution in [2.75, 3.05) is 25.2 Å². The Morgan fingerprint density at radius 2 is 1.82 bits per heavy atom. The van der Waals surface area contributed by atoms with Gasteiger partial charge in [-0.05, 0) is 53.6 Å². The molecule has 1 heterocycles. The molecule has 0 saturated carbocycles. The molecule has 33 heavy (non-hydrogen) atoms. The fourth-order valence-corrected chi connectivity index (χ4v) is 3.23. The maximum Gasteiger partial charge on any atom is 0.337 e. The number of aldehydes is 1. The first-order valence-corrected chi connectivity index (χ1v) is 10.1. The maximum atomic E-state index is 11.7. The fourth-order valence-electron chi connectivity index (χ4n) is 3.23. The zero-order chi connectivity index (χ0) is 23.8. The number of esters is 1. The number of aromatic nitrogens is 1. The summed E-state index contributed by atoms with van der Waals surface area (Å²) in [5.74, 6) is 0.204. The van der Waals surface area contributed by atoms with Crippen LogP contribution in [0.15, 0.2) is 66.9 Å². The Bertz CT molecular complexity index is 1240. The Labute approximate surface area is 192 Å². The molecule has 0 aliphatic carbocycles. The lowest BCUT2D eigenvalue weighted by atomic mass is 10.0. The molecule has 0 aliphatic rings. The van der Waals surface area contributed by atoms with Gasteiger partial charge in [0.25, 0.3) is 0 Å². The topological polar surface area (TPSA) is 118 Å². The second-order valence-electron chi connectivity index (χ2n) is 7.07. The van der Waals surface area contributed by atoms with Crippen molar-refractivity contribution < 1.29 is 14.3 Å². The van der Waals surface area contributed by atoms with Crippen molar-refractivity contribution in [1.82, 2.24) is 4.98 Å². The molecule has 0 amide bonds. The normalized spacial score (nSPS) is 11.3. The molecule has 7 heteroatoms. The van der Waals surface area contributed by atoms with Crippen LogP contribution in [0.1, 0.15) is 32.6 Å². The maximum absolute atomic E-state index is 11.7. The predicted octanol–water partition coefficient (Wildman–Crippen LogP) is 4.31. The van der Waals surface area contributed by atoms with Crippen molar-refractivity contribution in [3.63, 3.8) is 0 Å². The summed E-state index contributed by atoms with van der Waals surface area (Å²) < 4.78 is 4.69. The van der Waals surface area contributed by atoms with Crippen LogP contribution in [-0.2, 0) is 9.53 Å². The minimum absolute atomic E-state index is 0.236. The molecule has 0 fully saturated rings. The molecule has 0 bridgehead atoms. The number of benzene rings is 2. The summed E-state index contributed by atoms with van der Waals surface area (Å²) in [6.07, 6.45) is 7.56. The molecule has 2 aromatic carbocycles. The van der Waals surface area contributed by atoms with E-state index < -0.39 is 5.97 Å². The van der Waals surface area contributed by atoms with E-state index in [2.05, 4.69) is 15.0 Å². The van der Waals surface area contributed by atoms with Gasteiger partial charge < -0.3 is 21.2 Å². The quantitative estimate of drug-likeness (QED) is 0.158. The SMILES string of the molecule is CNc1ncccc1/C(C=O)=C\c1ccc(C(=N)/C=C/c2ccc(C(=O)OC)cc2)c(N)c1. The molecule has 3 aromatic rings. The van der Waals surface area contributed by atoms with Gasteiger partial charge in [0, 0.05) is 35.6 Å². The zero-order valence-corrected chi connectivity index (χ0v) is 18.3. The van der Waals surface area contributed by atoms with E-state index in [0.29, 0.717) is 33.8 Å². The molecule has 0 spiro atoms. The first-order valence-electron chi connectivity index (χ1n) is 10.1. The number of carbonyl (C=O) groups is 2. The number of pyridine rings is 1. The number of nitrogens with one attached hydrogen (secondary N) is 2. The van der Waals surface area contributed by atoms with Crippen molar-refractivity contribution >= 4 is 47.2 Å². The van der Waals surface area contributed by atoms with Crippen LogP contribution in [0.3, 0.4) is 0 Å². The van der Waals surface area contributed by atoms with Crippen LogP contribution in [0.25, 0.3) is 17.7 Å². The standard InChI is InChI=1S/C26H24N4O3/c1-29-25-21(4-3-13-30-25)20(16-31)14-18-7-11-22(24(28)15-18)23(27)12-8-17-5-9-19(10-6-17)26(32)33-2/h3-16,27H,28H2,1-2H3,(H,29,30)/b12-8+,20-14-,27-23?. The third-order valence-corrected chi connectivity index (χ3v) is 4.94. The van der Waals surface area contributed by atoms with Gasteiger partial charge in [-0.15, -0.1) is 0 Å². The van der Waals surface area contributed by atoms with E-state index in [1.165, 1.54) is 7.11 Å². The van der Waals surface area contributed by atoms with Gasteiger partial charge in [0.05, 0.1) is 18.4 Å². The highest BCUT2D eigenvalue weighted by molar-refractivity contribution is 6.15. The monoisotopic (exact) mass is 440 g/mol. The Kier molecular flexibility index (Phi) is 7.49. The number of nitrogens with zero attached hydrogens (tertiary/aromatic N) is 1. The Balaban J connectivity index is 1.80. The van der Waals surface area contributed by atoms with Gasteiger partial charge in [0.1, 0.15) is 5.82 Å². The molecule has 1 aromatic heterocycles. The summed E-state index contributed by atoms with van der Waals surface area (Å²) in [7, 11) is 3.08. The largest absolute Gasteiger partial charge is 0.465 e. The number of nitrogens with two attached hydrogens (primary N) is 1. The molecule has 166 valence electrons. The number of carbonyl (C=O) groups excluding carboxylic acids is 2. The number of hydrogen-bond acceptors (Lipinski definition) is 7. The summed E-state index contributed by atoms with van der Waals surface area (Å²) >= 11 is 0. The van der Waals surface area contributed by atoms with Crippen molar-refractivity contribution in [1.29, 1.82) is 5.41 Å². The van der Waals surface area contributed by atoms with Crippen LogP contribution >= 0.6 is 0 Å². The number of nitrogen functional groups attached to an aromatic ring is 1. The van der Waals surface area contributed by atoms with Gasteiger partial charge in [-0.2, -0.15) is 0 Å². The Morgan fingerprint density at radius 1 is 1.09 bits per heavy atom. The van der Waals surface area contributed by atoms with Gasteiger partial charge in [0.15, 0.2) is 6.29 Å². The summed E-state index contributed by atoms with van der Waals surface area (Å²) in [4.78, 5) is 27.5. The summed E-state index contributed by atoms with van der Waals surface area (Å²) in [6.45, 7) is 0. The summed E-state index contributed by atoms with van der Waals surface area (Å²) in [6, 6.07) is 15.7. The van der Waals surface area contributed by atoms with Crippen molar-refractivity contribution in [3.05, 3.63) is 94.7 Å². The Morgan fingerprint density at radius 3 is 2.45 bits per heavy atom. The molecule has 0 unspecified atom stereocenters. The van der Waals surface area contributed by atoms with E-state index >= 15 is 0 Å². The van der Waals surface area contributed by atoms with Gasteiger partial charge in [-0.3, -0.25) is 4.79 Å². The van der Waals surface area contributed by atoms with Crippen molar-refractivity contribution in [3.8, 4) is 0 Å². The van der Waals surface area contributed by atoms with E-state index in [9.17, 15) is 9.59 Å². The molecule has 3 rings (SSSR count). The summed E-state index contributed by atoms with van der Waals surface area (Å²) in [5.41, 5.74) is 10.6. The van der Waals surface area contributed by atoms with Gasteiger partial charge in [-0.25, -0.2) is 9.78 Å². The van der Waals surface area contributed by atoms with Crippen molar-refractivity contribution in [2.24, 2.45) is 0 Å². The van der Waals surface area contributed by atoms with E-state index in [1.54, 1.807) is 80.0 Å². The molecule has 4 N–H and O–H groups in total. The molecular formula is C26H24N4O3. The van der Waals surface area contributed by atoms with Crippen LogP contribution < -0.4 is 11.1 Å². The van der Waals surface area contributed by atoms with Crippen LogP contribution in [-0.4, -0.2) is 37.1 Å². The first kappa shape index (κ1) is 23.1. The van der Waals surface area contributed by atoms with Crippen molar-refractivity contribution in [2.45, 2.75) is 0 Å². The number of methoxy groups -OCH3 is 1.